The molecular formula is C5H12O4. The molecule has 9 heavy (non-hydrogen) atoms. The molecule has 0 amide bonds. The van der Waals surface area contributed by atoms with Crippen LogP contribution in [0.4, 0.5) is 0 Å². The Hall–Kier alpha value is -0.580. The average Bonchev–Trinajstić information content (AvgIpc) is 1.91. The zero-order chi connectivity index (χ0) is 7.54. The van der Waals surface area contributed by atoms with Crippen LogP contribution in [0.5, 0.6) is 0 Å². The minimum absolute atomic E-state index is 0.125. The topological polar surface area (TPSA) is 58.9 Å². The van der Waals surface area contributed by atoms with E-state index in [1.165, 1.54) is 13.4 Å². The van der Waals surface area contributed by atoms with Gasteiger partial charge in [-0.05, 0) is 0 Å². The number of hydrogen-bond donors (Lipinski definition) is 2. The van der Waals surface area contributed by atoms with Gasteiger partial charge in [0.05, 0.1) is 20.3 Å². The fourth-order valence-corrected chi connectivity index (χ4v) is 0.0680. The molecule has 0 spiro atoms. The number of hydrogen-bond acceptors (Lipinski definition) is 4. The molecule has 0 fully saturated rings. The highest BCUT2D eigenvalue weighted by Crippen LogP contribution is 1.65. The molecule has 0 atom stereocenters. The fourth-order valence-electron chi connectivity index (χ4n) is 0.0680. The molecule has 0 rings (SSSR count). The van der Waals surface area contributed by atoms with E-state index in [9.17, 15) is 0 Å². The van der Waals surface area contributed by atoms with Crippen molar-refractivity contribution in [3.8, 4) is 0 Å². The molecular weight excluding hydrogens is 124 g/mol. The summed E-state index contributed by atoms with van der Waals surface area (Å²) in [6.07, 6.45) is 1.21. The fraction of sp³-hybridized carbons (Fsp3) is 0.600. The van der Waals surface area contributed by atoms with Crippen LogP contribution in [-0.4, -0.2) is 30.5 Å². The van der Waals surface area contributed by atoms with Crippen LogP contribution in [-0.2, 0) is 9.78 Å². The van der Waals surface area contributed by atoms with Crippen LogP contribution in [0.2, 0.25) is 0 Å². The Morgan fingerprint density at radius 2 is 1.89 bits per heavy atom. The van der Waals surface area contributed by atoms with Gasteiger partial charge in [-0.1, -0.05) is 6.58 Å². The lowest BCUT2D eigenvalue weighted by Crippen LogP contribution is -1.85. The molecule has 56 valence electrons. The summed E-state index contributed by atoms with van der Waals surface area (Å²) in [6.45, 7) is 2.95. The minimum Gasteiger partial charge on any atom is -0.394 e. The van der Waals surface area contributed by atoms with E-state index in [-0.39, 0.29) is 13.2 Å². The Bertz CT molecular complexity index is 44.2. The zero-order valence-electron chi connectivity index (χ0n) is 5.41. The highest BCUT2D eigenvalue weighted by Gasteiger charge is 1.58. The third kappa shape index (κ3) is 37.2. The van der Waals surface area contributed by atoms with Gasteiger partial charge in [0.2, 0.25) is 0 Å². The summed E-state index contributed by atoms with van der Waals surface area (Å²) in [5.74, 6) is 0. The molecule has 0 aromatic heterocycles. The Morgan fingerprint density at radius 3 is 1.89 bits per heavy atom. The molecule has 0 aliphatic rings. The predicted molar refractivity (Wildman–Crippen MR) is 32.5 cm³/mol. The van der Waals surface area contributed by atoms with Crippen molar-refractivity contribution in [2.75, 3.05) is 20.3 Å². The van der Waals surface area contributed by atoms with Gasteiger partial charge < -0.3 is 15.1 Å². The second kappa shape index (κ2) is 15.7. The standard InChI is InChI=1S/C3H6O2.C2H6O2/c1-3-5-4-2;3-1-2-4/h3H,1H2,2H3;3-4H,1-2H2. The van der Waals surface area contributed by atoms with Crippen LogP contribution < -0.4 is 0 Å². The molecule has 0 aliphatic carbocycles. The maximum Gasteiger partial charge on any atom is 0.122 e. The summed E-state index contributed by atoms with van der Waals surface area (Å²) in [6, 6.07) is 0. The van der Waals surface area contributed by atoms with Crippen LogP contribution in [0.25, 0.3) is 0 Å². The van der Waals surface area contributed by atoms with Gasteiger partial charge in [0.15, 0.2) is 0 Å². The third-order valence-electron chi connectivity index (χ3n) is 0.264. The van der Waals surface area contributed by atoms with Crippen LogP contribution in [0, 0.1) is 0 Å². The van der Waals surface area contributed by atoms with E-state index in [0.29, 0.717) is 0 Å². The molecule has 0 radical (unpaired) electrons. The van der Waals surface area contributed by atoms with Gasteiger partial charge in [-0.15, -0.1) is 0 Å². The molecule has 0 bridgehead atoms. The summed E-state index contributed by atoms with van der Waals surface area (Å²) in [7, 11) is 1.42. The first-order chi connectivity index (χ1) is 4.33. The van der Waals surface area contributed by atoms with Gasteiger partial charge in [0.25, 0.3) is 0 Å². The Balaban J connectivity index is 0. The van der Waals surface area contributed by atoms with Gasteiger partial charge in [0, 0.05) is 0 Å². The van der Waals surface area contributed by atoms with Crippen LogP contribution in [0.15, 0.2) is 12.8 Å². The Labute approximate surface area is 54.3 Å². The summed E-state index contributed by atoms with van der Waals surface area (Å²) in [5.41, 5.74) is 0. The van der Waals surface area contributed by atoms with Crippen molar-refractivity contribution < 1.29 is 20.0 Å². The van der Waals surface area contributed by atoms with Gasteiger partial charge in [-0.25, -0.2) is 0 Å². The molecule has 0 aromatic carbocycles. The first kappa shape index (κ1) is 11.2. The second-order valence-corrected chi connectivity index (χ2v) is 0.877. The van der Waals surface area contributed by atoms with Crippen molar-refractivity contribution in [1.82, 2.24) is 0 Å². The summed E-state index contributed by atoms with van der Waals surface area (Å²) >= 11 is 0. The molecule has 4 nitrogen and oxygen atoms in total. The monoisotopic (exact) mass is 136 g/mol. The van der Waals surface area contributed by atoms with E-state index < -0.39 is 0 Å². The molecule has 2 N–H and O–H groups in total. The van der Waals surface area contributed by atoms with Crippen molar-refractivity contribution in [2.24, 2.45) is 0 Å². The lowest BCUT2D eigenvalue weighted by atomic mass is 10.8. The van der Waals surface area contributed by atoms with Gasteiger partial charge in [-0.3, -0.25) is 0 Å². The lowest BCUT2D eigenvalue weighted by Gasteiger charge is -1.83. The smallest absolute Gasteiger partial charge is 0.122 e. The maximum absolute atomic E-state index is 7.62. The summed E-state index contributed by atoms with van der Waals surface area (Å²) < 4.78 is 0. The third-order valence-corrected chi connectivity index (χ3v) is 0.264. The largest absolute Gasteiger partial charge is 0.394 e. The van der Waals surface area contributed by atoms with E-state index in [1.807, 2.05) is 0 Å². The summed E-state index contributed by atoms with van der Waals surface area (Å²) in [4.78, 5) is 8.17. The molecule has 4 heteroatoms. The van der Waals surface area contributed by atoms with Crippen molar-refractivity contribution >= 4 is 0 Å². The van der Waals surface area contributed by atoms with Crippen LogP contribution in [0.1, 0.15) is 0 Å². The number of rotatable bonds is 3. The van der Waals surface area contributed by atoms with E-state index in [2.05, 4.69) is 16.4 Å². The quantitative estimate of drug-likeness (QED) is 0.317. The highest BCUT2D eigenvalue weighted by atomic mass is 17.2. The first-order valence-corrected chi connectivity index (χ1v) is 2.35. The van der Waals surface area contributed by atoms with Crippen molar-refractivity contribution in [1.29, 1.82) is 0 Å². The number of aliphatic hydroxyl groups excluding tert-OH is 2. The maximum atomic E-state index is 7.62. The van der Waals surface area contributed by atoms with Gasteiger partial charge in [-0.2, -0.15) is 4.89 Å². The predicted octanol–water partition coefficient (Wildman–Crippen LogP) is -0.321. The SMILES string of the molecule is C=COOC.OCCO. The van der Waals surface area contributed by atoms with Crippen molar-refractivity contribution in [3.05, 3.63) is 12.8 Å². The Kier molecular flexibility index (Phi) is 19.6. The van der Waals surface area contributed by atoms with Gasteiger partial charge >= 0.3 is 0 Å². The van der Waals surface area contributed by atoms with Crippen LogP contribution in [0.3, 0.4) is 0 Å². The molecule has 0 saturated heterocycles. The van der Waals surface area contributed by atoms with E-state index in [4.69, 9.17) is 10.2 Å². The van der Waals surface area contributed by atoms with Crippen molar-refractivity contribution in [3.63, 3.8) is 0 Å². The first-order valence-electron chi connectivity index (χ1n) is 2.35. The summed E-state index contributed by atoms with van der Waals surface area (Å²) in [5, 5.41) is 15.2. The average molecular weight is 136 g/mol. The normalized spacial score (nSPS) is 7.00. The van der Waals surface area contributed by atoms with Crippen LogP contribution >= 0.6 is 0 Å². The zero-order valence-corrected chi connectivity index (χ0v) is 5.41. The number of aliphatic hydroxyl groups is 2. The molecule has 0 saturated carbocycles. The van der Waals surface area contributed by atoms with E-state index in [1.54, 1.807) is 0 Å². The van der Waals surface area contributed by atoms with E-state index in [0.717, 1.165) is 0 Å². The highest BCUT2D eigenvalue weighted by molar-refractivity contribution is 4.41. The molecule has 0 aliphatic heterocycles. The van der Waals surface area contributed by atoms with Crippen molar-refractivity contribution in [2.45, 2.75) is 0 Å². The minimum atomic E-state index is -0.125. The second-order valence-electron chi connectivity index (χ2n) is 0.877. The van der Waals surface area contributed by atoms with E-state index >= 15 is 0 Å². The molecule has 0 heterocycles. The Morgan fingerprint density at radius 1 is 1.44 bits per heavy atom. The molecule has 0 unspecified atom stereocenters. The lowest BCUT2D eigenvalue weighted by molar-refractivity contribution is -0.222. The molecule has 0 aromatic rings. The van der Waals surface area contributed by atoms with Gasteiger partial charge in [0.1, 0.15) is 6.26 Å².